The van der Waals surface area contributed by atoms with E-state index in [2.05, 4.69) is 0 Å². The smallest absolute Gasteiger partial charge is 0.278 e. The Kier molecular flexibility index (Phi) is 5.05. The molecule has 0 amide bonds. The van der Waals surface area contributed by atoms with Crippen LogP contribution in [0.5, 0.6) is 0 Å². The molecule has 0 bridgehead atoms. The Morgan fingerprint density at radius 2 is 1.81 bits per heavy atom. The number of fused-ring (bicyclic) bond motifs is 2. The molecule has 3 aromatic heterocycles. The summed E-state index contributed by atoms with van der Waals surface area (Å²) in [7, 11) is -3.94. The van der Waals surface area contributed by atoms with Crippen molar-refractivity contribution in [3.8, 4) is 0 Å². The van der Waals surface area contributed by atoms with Crippen LogP contribution in [0, 0.1) is 20.8 Å². The average molecular weight is 438 g/mol. The first-order chi connectivity index (χ1) is 14.7. The van der Waals surface area contributed by atoms with Crippen molar-refractivity contribution in [2.24, 2.45) is 0 Å². The third kappa shape index (κ3) is 3.27. The van der Waals surface area contributed by atoms with Crippen molar-refractivity contribution >= 4 is 32.3 Å². The van der Waals surface area contributed by atoms with E-state index in [4.69, 9.17) is 10.7 Å². The van der Waals surface area contributed by atoms with Crippen molar-refractivity contribution in [2.75, 3.05) is 5.73 Å². The topological polar surface area (TPSA) is 98.4 Å². The van der Waals surface area contributed by atoms with Crippen LogP contribution >= 0.6 is 0 Å². The minimum Gasteiger partial charge on any atom is -0.317 e. The molecule has 31 heavy (non-hydrogen) atoms. The van der Waals surface area contributed by atoms with Gasteiger partial charge in [-0.05, 0) is 62.6 Å². The van der Waals surface area contributed by atoms with Gasteiger partial charge in [0.2, 0.25) is 21.3 Å². The summed E-state index contributed by atoms with van der Waals surface area (Å²) in [5.74, 6) is 0.0809. The Bertz CT molecular complexity index is 1520. The zero-order valence-electron chi connectivity index (χ0n) is 18.0. The molecule has 3 heterocycles. The summed E-state index contributed by atoms with van der Waals surface area (Å²) >= 11 is 0. The first-order valence-electron chi connectivity index (χ1n) is 10.1. The molecule has 0 aliphatic heterocycles. The van der Waals surface area contributed by atoms with Gasteiger partial charge in [-0.1, -0.05) is 24.0 Å². The molecule has 2 N–H and O–H groups in total. The Labute approximate surface area is 180 Å². The standard InChI is InChI=1S/C23H24N4O3S/c1-5-10-26-20(24)19(31(29,30)17-9-8-14(2)16(4)12-17)13-18-22(26)25-21-15(3)7-6-11-27(21)23(18)28/h6-9,11-13,24H,5,10H2,1-4H3/p+1. The van der Waals surface area contributed by atoms with Gasteiger partial charge in [-0.2, -0.15) is 0 Å². The molecular weight excluding hydrogens is 412 g/mol. The Hall–Kier alpha value is -3.26. The molecule has 4 rings (SSSR count). The van der Waals surface area contributed by atoms with Crippen molar-refractivity contribution in [3.63, 3.8) is 0 Å². The lowest BCUT2D eigenvalue weighted by Gasteiger charge is -2.13. The van der Waals surface area contributed by atoms with Crippen LogP contribution in [0.4, 0.5) is 5.82 Å². The largest absolute Gasteiger partial charge is 0.317 e. The Morgan fingerprint density at radius 3 is 2.48 bits per heavy atom. The number of aromatic nitrogens is 3. The van der Waals surface area contributed by atoms with Crippen molar-refractivity contribution in [1.82, 2.24) is 9.38 Å². The molecule has 0 aliphatic rings. The summed E-state index contributed by atoms with van der Waals surface area (Å²) in [5, 5.41) is 0.216. The molecule has 0 saturated carbocycles. The van der Waals surface area contributed by atoms with E-state index in [1.54, 1.807) is 35.0 Å². The predicted molar refractivity (Wildman–Crippen MR) is 120 cm³/mol. The number of sulfone groups is 1. The van der Waals surface area contributed by atoms with Crippen molar-refractivity contribution in [2.45, 2.75) is 50.5 Å². The highest BCUT2D eigenvalue weighted by molar-refractivity contribution is 7.91. The first kappa shape index (κ1) is 21.0. The van der Waals surface area contributed by atoms with Crippen LogP contribution in [0.2, 0.25) is 0 Å². The van der Waals surface area contributed by atoms with E-state index in [0.29, 0.717) is 24.3 Å². The van der Waals surface area contributed by atoms with Gasteiger partial charge in [0.15, 0.2) is 0 Å². The molecule has 0 atom stereocenters. The molecule has 160 valence electrons. The molecule has 1 aromatic carbocycles. The van der Waals surface area contributed by atoms with Gasteiger partial charge in [0.05, 0.1) is 11.4 Å². The lowest BCUT2D eigenvalue weighted by Crippen LogP contribution is -2.41. The van der Waals surface area contributed by atoms with Gasteiger partial charge in [-0.3, -0.25) is 9.20 Å². The molecule has 4 aromatic rings. The van der Waals surface area contributed by atoms with E-state index in [1.165, 1.54) is 10.5 Å². The van der Waals surface area contributed by atoms with Crippen LogP contribution in [0.15, 0.2) is 57.2 Å². The number of benzene rings is 1. The Balaban J connectivity index is 2.13. The van der Waals surface area contributed by atoms with E-state index in [1.807, 2.05) is 33.8 Å². The van der Waals surface area contributed by atoms with Crippen LogP contribution in [-0.2, 0) is 16.4 Å². The molecule has 0 saturated heterocycles. The fraction of sp³-hybridized carbons (Fsp3) is 0.261. The van der Waals surface area contributed by atoms with Gasteiger partial charge in [0.1, 0.15) is 10.3 Å². The SMILES string of the molecule is CCC[n+]1c(N)c(S(=O)(=O)c2ccc(C)c(C)c2)cc2c(=O)n3cccc(C)c3nc21. The highest BCUT2D eigenvalue weighted by Gasteiger charge is 2.29. The normalized spacial score (nSPS) is 12.0. The summed E-state index contributed by atoms with van der Waals surface area (Å²) in [6.07, 6.45) is 2.33. The predicted octanol–water partition coefficient (Wildman–Crippen LogP) is 2.89. The number of nitrogens with zero attached hydrogens (tertiary/aromatic N) is 3. The molecule has 7 nitrogen and oxygen atoms in total. The summed E-state index contributed by atoms with van der Waals surface area (Å²) in [4.78, 5) is 18.1. The summed E-state index contributed by atoms with van der Waals surface area (Å²) in [5.41, 5.74) is 9.68. The molecule has 0 radical (unpaired) electrons. The zero-order valence-corrected chi connectivity index (χ0v) is 18.8. The number of anilines is 1. The fourth-order valence-electron chi connectivity index (χ4n) is 3.76. The van der Waals surface area contributed by atoms with Gasteiger partial charge < -0.3 is 5.73 Å². The summed E-state index contributed by atoms with van der Waals surface area (Å²) < 4.78 is 30.1. The van der Waals surface area contributed by atoms with Crippen LogP contribution in [-0.4, -0.2) is 17.8 Å². The zero-order chi connectivity index (χ0) is 22.5. The second kappa shape index (κ2) is 7.46. The second-order valence-electron chi connectivity index (χ2n) is 7.83. The summed E-state index contributed by atoms with van der Waals surface area (Å²) in [6, 6.07) is 9.98. The number of rotatable bonds is 4. The Morgan fingerprint density at radius 1 is 1.06 bits per heavy atom. The molecule has 0 unspecified atom stereocenters. The van der Waals surface area contributed by atoms with E-state index in [-0.39, 0.29) is 26.6 Å². The maximum atomic E-state index is 13.5. The average Bonchev–Trinajstić information content (AvgIpc) is 2.73. The second-order valence-corrected chi connectivity index (χ2v) is 9.75. The fourth-order valence-corrected chi connectivity index (χ4v) is 5.25. The monoisotopic (exact) mass is 437 g/mol. The number of hydrogen-bond acceptors (Lipinski definition) is 5. The molecule has 0 aliphatic carbocycles. The van der Waals surface area contributed by atoms with Gasteiger partial charge in [-0.15, -0.1) is 0 Å². The number of nitrogens with two attached hydrogens (primary N) is 1. The maximum absolute atomic E-state index is 13.5. The van der Waals surface area contributed by atoms with Crippen molar-refractivity contribution in [1.29, 1.82) is 0 Å². The van der Waals surface area contributed by atoms with Crippen LogP contribution in [0.1, 0.15) is 30.0 Å². The van der Waals surface area contributed by atoms with Gasteiger partial charge in [0, 0.05) is 11.8 Å². The van der Waals surface area contributed by atoms with Gasteiger partial charge >= 0.3 is 0 Å². The lowest BCUT2D eigenvalue weighted by molar-refractivity contribution is -0.660. The number of pyridine rings is 2. The third-order valence-corrected chi connectivity index (χ3v) is 7.44. The van der Waals surface area contributed by atoms with E-state index >= 15 is 0 Å². The highest BCUT2D eigenvalue weighted by Crippen LogP contribution is 2.27. The molecule has 0 spiro atoms. The van der Waals surface area contributed by atoms with Gasteiger partial charge in [0.25, 0.3) is 11.2 Å². The summed E-state index contributed by atoms with van der Waals surface area (Å²) in [6.45, 7) is 8.06. The number of aryl methyl sites for hydroxylation is 4. The minimum atomic E-state index is -3.94. The first-order valence-corrected chi connectivity index (χ1v) is 11.6. The van der Waals surface area contributed by atoms with E-state index < -0.39 is 9.84 Å². The van der Waals surface area contributed by atoms with E-state index in [0.717, 1.165) is 16.7 Å². The van der Waals surface area contributed by atoms with Crippen LogP contribution in [0.3, 0.4) is 0 Å². The molecule has 0 fully saturated rings. The lowest BCUT2D eigenvalue weighted by atomic mass is 10.1. The molecule has 8 heteroatoms. The quantitative estimate of drug-likeness (QED) is 0.391. The van der Waals surface area contributed by atoms with Crippen molar-refractivity contribution < 1.29 is 13.0 Å². The van der Waals surface area contributed by atoms with Crippen LogP contribution in [0.25, 0.3) is 16.7 Å². The van der Waals surface area contributed by atoms with Crippen molar-refractivity contribution in [3.05, 3.63) is 69.6 Å². The minimum absolute atomic E-state index is 0.0804. The number of nitrogen functional groups attached to an aromatic ring is 1. The van der Waals surface area contributed by atoms with E-state index in [9.17, 15) is 13.2 Å². The number of hydrogen-bond donors (Lipinski definition) is 1. The maximum Gasteiger partial charge on any atom is 0.278 e. The van der Waals surface area contributed by atoms with Gasteiger partial charge in [-0.25, -0.2) is 13.0 Å². The third-order valence-electron chi connectivity index (χ3n) is 5.66. The van der Waals surface area contributed by atoms with Crippen LogP contribution < -0.4 is 15.9 Å². The highest BCUT2D eigenvalue weighted by atomic mass is 32.2. The molecular formula is C23H25N4O3S+.